The smallest absolute Gasteiger partial charge is 0.320 e. The number of carboxylic acids is 1. The SMILES string of the molecule is N[C@@H](Cc1ccc(NC(=O)CCc2ccc(/C=C3\C=CC(c4cccs4)=N3)[nH]2)cc1)C(=O)O. The van der Waals surface area contributed by atoms with E-state index in [1.54, 1.807) is 35.6 Å². The molecule has 5 N–H and O–H groups in total. The first-order valence-electron chi connectivity index (χ1n) is 10.5. The summed E-state index contributed by atoms with van der Waals surface area (Å²) >= 11 is 1.66. The van der Waals surface area contributed by atoms with Gasteiger partial charge in [0.25, 0.3) is 0 Å². The first-order valence-corrected chi connectivity index (χ1v) is 11.4. The highest BCUT2D eigenvalue weighted by atomic mass is 32.1. The number of aliphatic carboxylic acids is 1. The average Bonchev–Trinajstić information content (AvgIpc) is 3.56. The van der Waals surface area contributed by atoms with Crippen LogP contribution in [0, 0.1) is 0 Å². The molecule has 3 aromatic rings. The molecule has 8 heteroatoms. The number of aryl methyl sites for hydroxylation is 1. The van der Waals surface area contributed by atoms with Crippen molar-refractivity contribution < 1.29 is 14.7 Å². The molecule has 168 valence electrons. The highest BCUT2D eigenvalue weighted by molar-refractivity contribution is 7.12. The fourth-order valence-electron chi connectivity index (χ4n) is 3.41. The first kappa shape index (κ1) is 22.4. The quantitative estimate of drug-likeness (QED) is 0.386. The molecule has 4 rings (SSSR count). The number of amides is 1. The molecular formula is C25H24N4O3S. The monoisotopic (exact) mass is 460 g/mol. The van der Waals surface area contributed by atoms with E-state index in [1.807, 2.05) is 41.8 Å². The van der Waals surface area contributed by atoms with Gasteiger partial charge in [-0.1, -0.05) is 18.2 Å². The van der Waals surface area contributed by atoms with E-state index in [0.717, 1.165) is 33.2 Å². The number of nitrogens with two attached hydrogens (primary N) is 1. The normalized spacial score (nSPS) is 14.9. The van der Waals surface area contributed by atoms with E-state index < -0.39 is 12.0 Å². The number of aromatic amines is 1. The summed E-state index contributed by atoms with van der Waals surface area (Å²) in [6, 6.07) is 14.1. The predicted octanol–water partition coefficient (Wildman–Crippen LogP) is 4.00. The van der Waals surface area contributed by atoms with Crippen molar-refractivity contribution in [3.8, 4) is 0 Å². The molecule has 0 spiro atoms. The van der Waals surface area contributed by atoms with Crippen molar-refractivity contribution in [3.05, 3.63) is 93.6 Å². The summed E-state index contributed by atoms with van der Waals surface area (Å²) in [6.07, 6.45) is 7.15. The van der Waals surface area contributed by atoms with Crippen LogP contribution >= 0.6 is 11.3 Å². The van der Waals surface area contributed by atoms with E-state index in [2.05, 4.69) is 21.4 Å². The van der Waals surface area contributed by atoms with Gasteiger partial charge >= 0.3 is 5.97 Å². The topological polar surface area (TPSA) is 121 Å². The van der Waals surface area contributed by atoms with Crippen LogP contribution in [0.1, 0.15) is 28.2 Å². The molecule has 0 saturated carbocycles. The summed E-state index contributed by atoms with van der Waals surface area (Å²) < 4.78 is 0. The lowest BCUT2D eigenvalue weighted by Gasteiger charge is -2.08. The van der Waals surface area contributed by atoms with Gasteiger partial charge in [-0.3, -0.25) is 9.59 Å². The lowest BCUT2D eigenvalue weighted by Crippen LogP contribution is -2.32. The number of benzene rings is 1. The minimum atomic E-state index is -1.04. The number of carboxylic acid groups (broad SMARTS) is 1. The third-order valence-electron chi connectivity index (χ3n) is 5.14. The van der Waals surface area contributed by atoms with Gasteiger partial charge in [-0.15, -0.1) is 11.3 Å². The Bertz CT molecular complexity index is 1220. The van der Waals surface area contributed by atoms with Gasteiger partial charge in [-0.25, -0.2) is 4.99 Å². The molecule has 1 amide bonds. The summed E-state index contributed by atoms with van der Waals surface area (Å²) in [5.74, 6) is -1.13. The van der Waals surface area contributed by atoms with Crippen molar-refractivity contribution in [1.82, 2.24) is 4.98 Å². The molecule has 0 aliphatic carbocycles. The Hall–Kier alpha value is -3.75. The number of nitrogens with one attached hydrogen (secondary N) is 2. The number of carbonyl (C=O) groups excluding carboxylic acids is 1. The van der Waals surface area contributed by atoms with Crippen LogP contribution in [0.4, 0.5) is 5.69 Å². The maximum atomic E-state index is 12.3. The van der Waals surface area contributed by atoms with Crippen LogP contribution in [-0.2, 0) is 22.4 Å². The highest BCUT2D eigenvalue weighted by Crippen LogP contribution is 2.20. The third kappa shape index (κ3) is 6.15. The number of carbonyl (C=O) groups is 2. The van der Waals surface area contributed by atoms with Crippen molar-refractivity contribution in [3.63, 3.8) is 0 Å². The van der Waals surface area contributed by atoms with Crippen molar-refractivity contribution >= 4 is 40.7 Å². The van der Waals surface area contributed by atoms with E-state index in [9.17, 15) is 9.59 Å². The minimum Gasteiger partial charge on any atom is -0.480 e. The Morgan fingerprint density at radius 3 is 2.70 bits per heavy atom. The summed E-state index contributed by atoms with van der Waals surface area (Å²) in [5, 5.41) is 13.8. The summed E-state index contributed by atoms with van der Waals surface area (Å²) in [4.78, 5) is 32.3. The van der Waals surface area contributed by atoms with Crippen molar-refractivity contribution in [2.75, 3.05) is 5.32 Å². The number of thiophene rings is 1. The lowest BCUT2D eigenvalue weighted by molar-refractivity contribution is -0.138. The second-order valence-corrected chi connectivity index (χ2v) is 8.66. The molecule has 33 heavy (non-hydrogen) atoms. The summed E-state index contributed by atoms with van der Waals surface area (Å²) in [6.45, 7) is 0. The van der Waals surface area contributed by atoms with Crippen LogP contribution in [0.25, 0.3) is 6.08 Å². The first-order chi connectivity index (χ1) is 16.0. The van der Waals surface area contributed by atoms with E-state index in [-0.39, 0.29) is 12.3 Å². The van der Waals surface area contributed by atoms with Gasteiger partial charge in [0.1, 0.15) is 6.04 Å². The van der Waals surface area contributed by atoms with Gasteiger partial charge in [0.05, 0.1) is 16.3 Å². The Morgan fingerprint density at radius 2 is 1.97 bits per heavy atom. The Balaban J connectivity index is 1.27. The molecule has 2 aromatic heterocycles. The zero-order valence-electron chi connectivity index (χ0n) is 17.8. The van der Waals surface area contributed by atoms with Crippen LogP contribution in [-0.4, -0.2) is 33.7 Å². The number of aliphatic imine (C=N–C) groups is 1. The van der Waals surface area contributed by atoms with Crippen LogP contribution in [0.15, 0.2) is 76.8 Å². The molecule has 0 saturated heterocycles. The number of anilines is 1. The Kier molecular flexibility index (Phi) is 6.97. The van der Waals surface area contributed by atoms with Crippen LogP contribution in [0.5, 0.6) is 0 Å². The van der Waals surface area contributed by atoms with Crippen molar-refractivity contribution in [2.45, 2.75) is 25.3 Å². The van der Waals surface area contributed by atoms with Gasteiger partial charge in [-0.05, 0) is 72.3 Å². The largest absolute Gasteiger partial charge is 0.480 e. The zero-order valence-corrected chi connectivity index (χ0v) is 18.6. The number of rotatable bonds is 9. The zero-order chi connectivity index (χ0) is 23.2. The molecule has 1 aliphatic rings. The molecule has 0 unspecified atom stereocenters. The number of hydrogen-bond donors (Lipinski definition) is 4. The molecule has 7 nitrogen and oxygen atoms in total. The standard InChI is InChI=1S/C25H24N4O3S/c26-21(25(31)32)14-16-3-5-18(6-4-16)29-24(30)12-10-17-7-8-19(27-17)15-20-9-11-22(28-20)23-2-1-13-33-23/h1-9,11,13,15,21,27H,10,12,14,26H2,(H,29,30)(H,31,32)/b20-15+/t21-/m0/s1. The number of hydrogen-bond acceptors (Lipinski definition) is 5. The van der Waals surface area contributed by atoms with Gasteiger partial charge in [0, 0.05) is 23.5 Å². The molecule has 1 aliphatic heterocycles. The van der Waals surface area contributed by atoms with E-state index >= 15 is 0 Å². The molecular weight excluding hydrogens is 436 g/mol. The molecule has 0 radical (unpaired) electrons. The van der Waals surface area contributed by atoms with Gasteiger partial charge in [-0.2, -0.15) is 0 Å². The fraction of sp³-hybridized carbons (Fsp3) is 0.160. The predicted molar refractivity (Wildman–Crippen MR) is 131 cm³/mol. The number of allylic oxidation sites excluding steroid dienone is 2. The van der Waals surface area contributed by atoms with Gasteiger partial charge in [0.15, 0.2) is 0 Å². The second-order valence-electron chi connectivity index (χ2n) is 7.71. The van der Waals surface area contributed by atoms with Crippen molar-refractivity contribution in [2.24, 2.45) is 10.7 Å². The van der Waals surface area contributed by atoms with E-state index in [1.165, 1.54) is 0 Å². The number of H-pyrrole nitrogens is 1. The molecule has 1 aromatic carbocycles. The number of aromatic nitrogens is 1. The van der Waals surface area contributed by atoms with E-state index in [4.69, 9.17) is 10.8 Å². The highest BCUT2D eigenvalue weighted by Gasteiger charge is 2.12. The fourth-order valence-corrected chi connectivity index (χ4v) is 4.10. The lowest BCUT2D eigenvalue weighted by atomic mass is 10.1. The minimum absolute atomic E-state index is 0.0941. The van der Waals surface area contributed by atoms with Crippen LogP contribution in [0.2, 0.25) is 0 Å². The van der Waals surface area contributed by atoms with Gasteiger partial charge in [0.2, 0.25) is 5.91 Å². The summed E-state index contributed by atoms with van der Waals surface area (Å²) in [7, 11) is 0. The molecule has 1 atom stereocenters. The maximum Gasteiger partial charge on any atom is 0.320 e. The van der Waals surface area contributed by atoms with Crippen LogP contribution in [0.3, 0.4) is 0 Å². The average molecular weight is 461 g/mol. The van der Waals surface area contributed by atoms with Gasteiger partial charge < -0.3 is 21.1 Å². The summed E-state index contributed by atoms with van der Waals surface area (Å²) in [5.41, 5.74) is 10.8. The van der Waals surface area contributed by atoms with Crippen molar-refractivity contribution in [1.29, 1.82) is 0 Å². The Labute approximate surface area is 195 Å². The van der Waals surface area contributed by atoms with Crippen LogP contribution < -0.4 is 11.1 Å². The number of nitrogens with zero attached hydrogens (tertiary/aromatic N) is 1. The molecule has 0 bridgehead atoms. The molecule has 3 heterocycles. The second kappa shape index (κ2) is 10.2. The third-order valence-corrected chi connectivity index (χ3v) is 6.03. The van der Waals surface area contributed by atoms with E-state index in [0.29, 0.717) is 18.5 Å². The Morgan fingerprint density at radius 1 is 1.15 bits per heavy atom. The molecule has 0 fully saturated rings. The maximum absolute atomic E-state index is 12.3.